The van der Waals surface area contributed by atoms with Crippen molar-refractivity contribution in [2.24, 2.45) is 0 Å². The van der Waals surface area contributed by atoms with E-state index in [1.165, 1.54) is 12.3 Å². The molecule has 1 aromatic rings. The Bertz CT molecular complexity index is 410. The van der Waals surface area contributed by atoms with E-state index in [9.17, 15) is 9.59 Å². The van der Waals surface area contributed by atoms with Gasteiger partial charge in [0.05, 0.1) is 0 Å². The third kappa shape index (κ3) is 5.40. The first kappa shape index (κ1) is 14.1. The van der Waals surface area contributed by atoms with Gasteiger partial charge in [0.25, 0.3) is 0 Å². The number of rotatable bonds is 4. The standard InChI is InChI=1S/C12H15NO5/c1-12(2,3)17-10(14)8-16-18-11(15)9-6-4-5-7-13-9/h4-7H,8H2,1-3H3. The van der Waals surface area contributed by atoms with Crippen molar-refractivity contribution in [2.45, 2.75) is 26.4 Å². The van der Waals surface area contributed by atoms with E-state index in [1.807, 2.05) is 0 Å². The van der Waals surface area contributed by atoms with Crippen LogP contribution in [0.1, 0.15) is 31.3 Å². The number of nitrogens with zero attached hydrogens (tertiary/aromatic N) is 1. The summed E-state index contributed by atoms with van der Waals surface area (Å²) < 4.78 is 4.95. The van der Waals surface area contributed by atoms with Crippen LogP contribution in [0.15, 0.2) is 24.4 Å². The van der Waals surface area contributed by atoms with Crippen LogP contribution in [0.5, 0.6) is 0 Å². The molecule has 0 unspecified atom stereocenters. The molecule has 0 fully saturated rings. The van der Waals surface area contributed by atoms with Crippen LogP contribution in [0.3, 0.4) is 0 Å². The molecular weight excluding hydrogens is 238 g/mol. The number of aromatic nitrogens is 1. The number of esters is 1. The van der Waals surface area contributed by atoms with Gasteiger partial charge in [-0.2, -0.15) is 4.89 Å². The van der Waals surface area contributed by atoms with Crippen LogP contribution < -0.4 is 0 Å². The Morgan fingerprint density at radius 3 is 2.56 bits per heavy atom. The van der Waals surface area contributed by atoms with Crippen molar-refractivity contribution in [3.8, 4) is 0 Å². The maximum Gasteiger partial charge on any atom is 0.391 e. The number of ether oxygens (including phenoxy) is 1. The van der Waals surface area contributed by atoms with E-state index in [1.54, 1.807) is 32.9 Å². The third-order valence-electron chi connectivity index (χ3n) is 1.61. The zero-order chi connectivity index (χ0) is 13.6. The fraction of sp³-hybridized carbons (Fsp3) is 0.417. The SMILES string of the molecule is CC(C)(C)OC(=O)COOC(=O)c1ccccn1. The highest BCUT2D eigenvalue weighted by atomic mass is 17.2. The van der Waals surface area contributed by atoms with E-state index >= 15 is 0 Å². The molecule has 0 bridgehead atoms. The molecule has 0 radical (unpaired) electrons. The first-order valence-corrected chi connectivity index (χ1v) is 5.35. The fourth-order valence-electron chi connectivity index (χ4n) is 1.03. The molecule has 0 saturated carbocycles. The Labute approximate surface area is 105 Å². The Morgan fingerprint density at radius 2 is 2.00 bits per heavy atom. The van der Waals surface area contributed by atoms with Gasteiger partial charge in [0, 0.05) is 6.20 Å². The molecule has 0 saturated heterocycles. The van der Waals surface area contributed by atoms with Crippen molar-refractivity contribution in [3.05, 3.63) is 30.1 Å². The largest absolute Gasteiger partial charge is 0.458 e. The molecule has 0 atom stereocenters. The summed E-state index contributed by atoms with van der Waals surface area (Å²) in [6.07, 6.45) is 1.45. The third-order valence-corrected chi connectivity index (χ3v) is 1.61. The van der Waals surface area contributed by atoms with E-state index in [0.29, 0.717) is 0 Å². The summed E-state index contributed by atoms with van der Waals surface area (Å²) in [5, 5.41) is 0. The Balaban J connectivity index is 2.30. The van der Waals surface area contributed by atoms with Gasteiger partial charge in [0.15, 0.2) is 12.3 Å². The molecule has 0 aromatic carbocycles. The van der Waals surface area contributed by atoms with Crippen LogP contribution in [0.2, 0.25) is 0 Å². The lowest BCUT2D eigenvalue weighted by molar-refractivity contribution is -0.246. The fourth-order valence-corrected chi connectivity index (χ4v) is 1.03. The second-order valence-electron chi connectivity index (χ2n) is 4.43. The predicted molar refractivity (Wildman–Crippen MR) is 61.4 cm³/mol. The summed E-state index contributed by atoms with van der Waals surface area (Å²) in [6.45, 7) is 4.72. The van der Waals surface area contributed by atoms with E-state index < -0.39 is 24.1 Å². The van der Waals surface area contributed by atoms with Crippen LogP contribution in [0.25, 0.3) is 0 Å². The van der Waals surface area contributed by atoms with Gasteiger partial charge in [-0.3, -0.25) is 4.89 Å². The maximum atomic E-state index is 11.3. The molecule has 98 valence electrons. The molecule has 0 aliphatic heterocycles. The summed E-state index contributed by atoms with van der Waals surface area (Å²) in [7, 11) is 0. The number of hydrogen-bond acceptors (Lipinski definition) is 6. The highest BCUT2D eigenvalue weighted by molar-refractivity contribution is 5.86. The second-order valence-corrected chi connectivity index (χ2v) is 4.43. The Morgan fingerprint density at radius 1 is 1.28 bits per heavy atom. The topological polar surface area (TPSA) is 74.7 Å². The summed E-state index contributed by atoms with van der Waals surface area (Å²) >= 11 is 0. The molecular formula is C12H15NO5. The molecule has 1 heterocycles. The summed E-state index contributed by atoms with van der Waals surface area (Å²) in [5.41, 5.74) is -0.507. The molecule has 0 aliphatic carbocycles. The summed E-state index contributed by atoms with van der Waals surface area (Å²) in [6, 6.07) is 4.77. The zero-order valence-corrected chi connectivity index (χ0v) is 10.5. The highest BCUT2D eigenvalue weighted by Crippen LogP contribution is 2.07. The molecule has 1 rings (SSSR count). The predicted octanol–water partition coefficient (Wildman–Crippen LogP) is 1.51. The normalized spacial score (nSPS) is 10.8. The van der Waals surface area contributed by atoms with Gasteiger partial charge >= 0.3 is 11.9 Å². The van der Waals surface area contributed by atoms with Crippen molar-refractivity contribution < 1.29 is 24.1 Å². The first-order chi connectivity index (χ1) is 8.38. The number of hydrogen-bond donors (Lipinski definition) is 0. The van der Waals surface area contributed by atoms with Gasteiger partial charge < -0.3 is 4.74 Å². The monoisotopic (exact) mass is 253 g/mol. The van der Waals surface area contributed by atoms with E-state index in [2.05, 4.69) is 14.8 Å². The zero-order valence-electron chi connectivity index (χ0n) is 10.5. The molecule has 0 aliphatic rings. The summed E-state index contributed by atoms with van der Waals surface area (Å²) in [5.74, 6) is -1.38. The van der Waals surface area contributed by atoms with E-state index in [-0.39, 0.29) is 5.69 Å². The summed E-state index contributed by atoms with van der Waals surface area (Å²) in [4.78, 5) is 35.2. The minimum absolute atomic E-state index is 0.0988. The van der Waals surface area contributed by atoms with Gasteiger partial charge in [0.2, 0.25) is 0 Å². The molecule has 1 aromatic heterocycles. The van der Waals surface area contributed by atoms with Crippen LogP contribution >= 0.6 is 0 Å². The second kappa shape index (κ2) is 6.11. The average molecular weight is 253 g/mol. The van der Waals surface area contributed by atoms with Gasteiger partial charge in [0.1, 0.15) is 5.60 Å². The van der Waals surface area contributed by atoms with Gasteiger partial charge in [-0.1, -0.05) is 6.07 Å². The Kier molecular flexibility index (Phi) is 4.79. The molecule has 0 amide bonds. The lowest BCUT2D eigenvalue weighted by Gasteiger charge is -2.18. The highest BCUT2D eigenvalue weighted by Gasteiger charge is 2.17. The number of carbonyl (C=O) groups excluding carboxylic acids is 2. The molecule has 18 heavy (non-hydrogen) atoms. The van der Waals surface area contributed by atoms with Crippen LogP contribution in [0.4, 0.5) is 0 Å². The van der Waals surface area contributed by atoms with Crippen molar-refractivity contribution in [3.63, 3.8) is 0 Å². The van der Waals surface area contributed by atoms with Crippen molar-refractivity contribution >= 4 is 11.9 Å². The van der Waals surface area contributed by atoms with Gasteiger partial charge in [-0.25, -0.2) is 14.6 Å². The van der Waals surface area contributed by atoms with Crippen molar-refractivity contribution in [1.29, 1.82) is 0 Å². The van der Waals surface area contributed by atoms with Crippen LogP contribution in [-0.2, 0) is 19.3 Å². The van der Waals surface area contributed by atoms with Crippen molar-refractivity contribution in [1.82, 2.24) is 4.98 Å². The molecule has 0 spiro atoms. The van der Waals surface area contributed by atoms with E-state index in [0.717, 1.165) is 0 Å². The van der Waals surface area contributed by atoms with Crippen LogP contribution in [0, 0.1) is 0 Å². The minimum Gasteiger partial charge on any atom is -0.458 e. The number of carbonyl (C=O) groups is 2. The van der Waals surface area contributed by atoms with E-state index in [4.69, 9.17) is 4.74 Å². The quantitative estimate of drug-likeness (QED) is 0.460. The molecule has 0 N–H and O–H groups in total. The Hall–Kier alpha value is -1.95. The molecule has 6 heteroatoms. The first-order valence-electron chi connectivity index (χ1n) is 5.35. The van der Waals surface area contributed by atoms with Crippen molar-refractivity contribution in [2.75, 3.05) is 6.61 Å². The smallest absolute Gasteiger partial charge is 0.391 e. The van der Waals surface area contributed by atoms with Crippen LogP contribution in [-0.4, -0.2) is 29.1 Å². The average Bonchev–Trinajstić information content (AvgIpc) is 2.27. The van der Waals surface area contributed by atoms with Gasteiger partial charge in [-0.15, -0.1) is 0 Å². The minimum atomic E-state index is -0.765. The van der Waals surface area contributed by atoms with Gasteiger partial charge in [-0.05, 0) is 32.9 Å². The molecule has 6 nitrogen and oxygen atoms in total. The lowest BCUT2D eigenvalue weighted by Crippen LogP contribution is -2.27. The lowest BCUT2D eigenvalue weighted by atomic mass is 10.2. The number of pyridine rings is 1. The maximum absolute atomic E-state index is 11.3.